The zero-order valence-electron chi connectivity index (χ0n) is 10.9. The molecular formula is C16H11Cl2N3. The summed E-state index contributed by atoms with van der Waals surface area (Å²) < 4.78 is 1.65. The third-order valence-corrected chi connectivity index (χ3v) is 3.60. The number of benzene rings is 2. The van der Waals surface area contributed by atoms with Crippen molar-refractivity contribution in [3.63, 3.8) is 0 Å². The Hall–Kier alpha value is -2.10. The van der Waals surface area contributed by atoms with Gasteiger partial charge in [-0.1, -0.05) is 53.5 Å². The normalized spacial score (nSPS) is 11.6. The van der Waals surface area contributed by atoms with Crippen LogP contribution in [0, 0.1) is 0 Å². The molecule has 104 valence electrons. The third-order valence-electron chi connectivity index (χ3n) is 3.02. The molecular weight excluding hydrogens is 305 g/mol. The van der Waals surface area contributed by atoms with Gasteiger partial charge in [-0.3, -0.25) is 0 Å². The van der Waals surface area contributed by atoms with Crippen LogP contribution in [-0.4, -0.2) is 14.8 Å². The fourth-order valence-corrected chi connectivity index (χ4v) is 2.39. The Morgan fingerprint density at radius 1 is 1.00 bits per heavy atom. The molecule has 3 rings (SSSR count). The van der Waals surface area contributed by atoms with Gasteiger partial charge in [0.25, 0.3) is 0 Å². The van der Waals surface area contributed by atoms with Crippen LogP contribution in [0.5, 0.6) is 0 Å². The van der Waals surface area contributed by atoms with Gasteiger partial charge in [0.15, 0.2) is 0 Å². The van der Waals surface area contributed by atoms with Crippen LogP contribution < -0.4 is 0 Å². The van der Waals surface area contributed by atoms with E-state index in [1.54, 1.807) is 11.0 Å². The van der Waals surface area contributed by atoms with E-state index in [2.05, 4.69) is 10.1 Å². The van der Waals surface area contributed by atoms with Gasteiger partial charge in [-0.25, -0.2) is 9.67 Å². The molecule has 1 aromatic heterocycles. The van der Waals surface area contributed by atoms with E-state index in [1.807, 2.05) is 54.7 Å². The first-order valence-corrected chi connectivity index (χ1v) is 7.06. The van der Waals surface area contributed by atoms with E-state index in [4.69, 9.17) is 23.2 Å². The highest BCUT2D eigenvalue weighted by Crippen LogP contribution is 2.30. The lowest BCUT2D eigenvalue weighted by molar-refractivity contribution is 0.935. The first-order chi connectivity index (χ1) is 10.2. The van der Waals surface area contributed by atoms with Crippen LogP contribution in [0.1, 0.15) is 11.1 Å². The van der Waals surface area contributed by atoms with Crippen molar-refractivity contribution in [3.05, 3.63) is 82.4 Å². The van der Waals surface area contributed by atoms with Gasteiger partial charge in [0.2, 0.25) is 0 Å². The standard InChI is InChI=1S/C16H11Cl2N3/c17-13-7-5-12(6-8-13)15(9-21-11-19-10-20-21)14-3-1-2-4-16(14)18/h1-11H/b15-9-. The van der Waals surface area contributed by atoms with Crippen LogP contribution in [0.15, 0.2) is 61.2 Å². The first-order valence-electron chi connectivity index (χ1n) is 6.31. The molecule has 0 unspecified atom stereocenters. The number of nitrogens with zero attached hydrogens (tertiary/aromatic N) is 3. The van der Waals surface area contributed by atoms with Gasteiger partial charge in [-0.15, -0.1) is 0 Å². The summed E-state index contributed by atoms with van der Waals surface area (Å²) in [7, 11) is 0. The highest BCUT2D eigenvalue weighted by Gasteiger charge is 2.09. The Kier molecular flexibility index (Phi) is 4.04. The maximum atomic E-state index is 6.33. The minimum absolute atomic E-state index is 0.679. The molecule has 0 N–H and O–H groups in total. The van der Waals surface area contributed by atoms with Crippen LogP contribution in [-0.2, 0) is 0 Å². The average molecular weight is 316 g/mol. The molecule has 0 atom stereocenters. The van der Waals surface area contributed by atoms with Gasteiger partial charge in [-0.05, 0) is 23.8 Å². The molecule has 0 bridgehead atoms. The summed E-state index contributed by atoms with van der Waals surface area (Å²) >= 11 is 12.3. The fraction of sp³-hybridized carbons (Fsp3) is 0. The second-order valence-electron chi connectivity index (χ2n) is 4.41. The fourth-order valence-electron chi connectivity index (χ4n) is 2.02. The van der Waals surface area contributed by atoms with E-state index in [-0.39, 0.29) is 0 Å². The zero-order valence-corrected chi connectivity index (χ0v) is 12.5. The number of hydrogen-bond donors (Lipinski definition) is 0. The Bertz CT molecular complexity index is 762. The molecule has 0 aliphatic rings. The molecule has 2 aromatic carbocycles. The maximum Gasteiger partial charge on any atom is 0.138 e. The molecule has 0 spiro atoms. The summed E-state index contributed by atoms with van der Waals surface area (Å²) in [5.74, 6) is 0. The number of rotatable bonds is 3. The zero-order chi connectivity index (χ0) is 14.7. The summed E-state index contributed by atoms with van der Waals surface area (Å²) in [4.78, 5) is 3.95. The molecule has 0 aliphatic carbocycles. The van der Waals surface area contributed by atoms with E-state index >= 15 is 0 Å². The summed E-state index contributed by atoms with van der Waals surface area (Å²) in [6, 6.07) is 15.3. The Morgan fingerprint density at radius 2 is 1.76 bits per heavy atom. The highest BCUT2D eigenvalue weighted by molar-refractivity contribution is 6.33. The number of aromatic nitrogens is 3. The van der Waals surface area contributed by atoms with Gasteiger partial charge >= 0.3 is 0 Å². The van der Waals surface area contributed by atoms with Crippen molar-refractivity contribution in [1.29, 1.82) is 0 Å². The Balaban J connectivity index is 2.16. The third kappa shape index (κ3) is 3.15. The van der Waals surface area contributed by atoms with Gasteiger partial charge in [0.05, 0.1) is 0 Å². The second kappa shape index (κ2) is 6.12. The number of halogens is 2. The van der Waals surface area contributed by atoms with Crippen molar-refractivity contribution < 1.29 is 0 Å². The van der Waals surface area contributed by atoms with E-state index in [9.17, 15) is 0 Å². The average Bonchev–Trinajstić information content (AvgIpc) is 3.00. The Morgan fingerprint density at radius 3 is 2.43 bits per heavy atom. The van der Waals surface area contributed by atoms with Gasteiger partial charge in [-0.2, -0.15) is 5.10 Å². The largest absolute Gasteiger partial charge is 0.228 e. The van der Waals surface area contributed by atoms with Crippen LogP contribution >= 0.6 is 23.2 Å². The van der Waals surface area contributed by atoms with E-state index < -0.39 is 0 Å². The minimum Gasteiger partial charge on any atom is -0.228 e. The smallest absolute Gasteiger partial charge is 0.138 e. The molecule has 0 radical (unpaired) electrons. The van der Waals surface area contributed by atoms with Gasteiger partial charge in [0, 0.05) is 27.4 Å². The van der Waals surface area contributed by atoms with Gasteiger partial charge < -0.3 is 0 Å². The molecule has 3 aromatic rings. The van der Waals surface area contributed by atoms with Crippen molar-refractivity contribution in [2.75, 3.05) is 0 Å². The summed E-state index contributed by atoms with van der Waals surface area (Å²) in [5.41, 5.74) is 2.88. The minimum atomic E-state index is 0.679. The molecule has 0 aliphatic heterocycles. The Labute approximate surface area is 132 Å². The lowest BCUT2D eigenvalue weighted by Crippen LogP contribution is -1.94. The molecule has 0 saturated carbocycles. The highest BCUT2D eigenvalue weighted by atomic mass is 35.5. The molecule has 21 heavy (non-hydrogen) atoms. The summed E-state index contributed by atoms with van der Waals surface area (Å²) in [6.07, 6.45) is 5.01. The molecule has 1 heterocycles. The molecule has 5 heteroatoms. The van der Waals surface area contributed by atoms with Gasteiger partial charge in [0.1, 0.15) is 12.7 Å². The molecule has 0 fully saturated rings. The van der Waals surface area contributed by atoms with E-state index in [0.717, 1.165) is 16.7 Å². The first kappa shape index (κ1) is 13.9. The predicted octanol–water partition coefficient (Wildman–Crippen LogP) is 4.63. The van der Waals surface area contributed by atoms with Crippen molar-refractivity contribution >= 4 is 35.0 Å². The SMILES string of the molecule is Clc1ccc(/C(=C/n2cncn2)c2ccccc2Cl)cc1. The lowest BCUT2D eigenvalue weighted by atomic mass is 9.99. The van der Waals surface area contributed by atoms with Crippen molar-refractivity contribution in [1.82, 2.24) is 14.8 Å². The topological polar surface area (TPSA) is 30.7 Å². The predicted molar refractivity (Wildman–Crippen MR) is 86.2 cm³/mol. The van der Waals surface area contributed by atoms with Crippen LogP contribution in [0.4, 0.5) is 0 Å². The van der Waals surface area contributed by atoms with Crippen LogP contribution in [0.3, 0.4) is 0 Å². The van der Waals surface area contributed by atoms with Crippen molar-refractivity contribution in [2.24, 2.45) is 0 Å². The lowest BCUT2D eigenvalue weighted by Gasteiger charge is -2.10. The maximum absolute atomic E-state index is 6.33. The molecule has 3 nitrogen and oxygen atoms in total. The van der Waals surface area contributed by atoms with Crippen LogP contribution in [0.2, 0.25) is 10.0 Å². The van der Waals surface area contributed by atoms with Crippen molar-refractivity contribution in [2.45, 2.75) is 0 Å². The summed E-state index contributed by atoms with van der Waals surface area (Å²) in [5, 5.41) is 5.49. The monoisotopic (exact) mass is 315 g/mol. The van der Waals surface area contributed by atoms with E-state index in [0.29, 0.717) is 10.0 Å². The quantitative estimate of drug-likeness (QED) is 0.705. The second-order valence-corrected chi connectivity index (χ2v) is 5.25. The summed E-state index contributed by atoms with van der Waals surface area (Å²) in [6.45, 7) is 0. The van der Waals surface area contributed by atoms with Crippen LogP contribution in [0.25, 0.3) is 11.8 Å². The van der Waals surface area contributed by atoms with E-state index in [1.165, 1.54) is 6.33 Å². The molecule has 0 saturated heterocycles. The van der Waals surface area contributed by atoms with Crippen molar-refractivity contribution in [3.8, 4) is 0 Å². The molecule has 0 amide bonds. The number of hydrogen-bond acceptors (Lipinski definition) is 2.